The van der Waals surface area contributed by atoms with Crippen molar-refractivity contribution in [2.45, 2.75) is 40.0 Å². The van der Waals surface area contributed by atoms with Crippen LogP contribution in [0, 0.1) is 6.92 Å². The van der Waals surface area contributed by atoms with Crippen LogP contribution in [0.25, 0.3) is 10.9 Å². The fraction of sp³-hybridized carbons (Fsp3) is 0.364. The van der Waals surface area contributed by atoms with Gasteiger partial charge in [0.2, 0.25) is 0 Å². The number of carbonyl (C=O) groups excluding carboxylic acids is 1. The first-order chi connectivity index (χ1) is 13.6. The van der Waals surface area contributed by atoms with Crippen molar-refractivity contribution in [2.75, 3.05) is 18.1 Å². The highest BCUT2D eigenvalue weighted by Gasteiger charge is 2.14. The molecule has 0 aliphatic rings. The molecule has 1 N–H and O–H groups in total. The number of aromatic nitrogens is 2. The fourth-order valence-electron chi connectivity index (χ4n) is 3.22. The molecule has 0 fully saturated rings. The van der Waals surface area contributed by atoms with Gasteiger partial charge < -0.3 is 10.1 Å². The van der Waals surface area contributed by atoms with E-state index in [1.165, 1.54) is 0 Å². The van der Waals surface area contributed by atoms with Crippen LogP contribution in [0.4, 0.5) is 10.5 Å². The molecule has 6 nitrogen and oxygen atoms in total. The average Bonchev–Trinajstić information content (AvgIpc) is 3.03. The second kappa shape index (κ2) is 9.26. The number of nitrogens with one attached hydrogen (secondary N) is 1. The minimum absolute atomic E-state index is 0.408. The molecular formula is C22H28N4O2. The van der Waals surface area contributed by atoms with Crippen molar-refractivity contribution in [2.24, 2.45) is 0 Å². The highest BCUT2D eigenvalue weighted by Crippen LogP contribution is 2.28. The lowest BCUT2D eigenvalue weighted by molar-refractivity contribution is 0.200. The Morgan fingerprint density at radius 2 is 1.96 bits per heavy atom. The first-order valence-corrected chi connectivity index (χ1v) is 9.89. The number of unbranched alkanes of at least 4 members (excludes halogenated alkanes) is 1. The first-order valence-electron chi connectivity index (χ1n) is 9.89. The Labute approximate surface area is 166 Å². The second-order valence-corrected chi connectivity index (χ2v) is 6.83. The molecule has 0 atom stereocenters. The van der Waals surface area contributed by atoms with Gasteiger partial charge in [0, 0.05) is 37.1 Å². The zero-order valence-electron chi connectivity index (χ0n) is 16.8. The summed E-state index contributed by atoms with van der Waals surface area (Å²) in [5.74, 6) is 0.549. The zero-order valence-corrected chi connectivity index (χ0v) is 16.8. The van der Waals surface area contributed by atoms with E-state index in [2.05, 4.69) is 47.0 Å². The normalized spacial score (nSPS) is 10.8. The number of aryl methyl sites for hydroxylation is 1. The summed E-state index contributed by atoms with van der Waals surface area (Å²) < 4.78 is 7.61. The van der Waals surface area contributed by atoms with Crippen LogP contribution in [0.5, 0.6) is 5.75 Å². The van der Waals surface area contributed by atoms with E-state index in [0.717, 1.165) is 48.0 Å². The smallest absolute Gasteiger partial charge is 0.410 e. The molecule has 0 saturated carbocycles. The van der Waals surface area contributed by atoms with E-state index >= 15 is 0 Å². The van der Waals surface area contributed by atoms with Crippen molar-refractivity contribution >= 4 is 22.7 Å². The van der Waals surface area contributed by atoms with Gasteiger partial charge in [0.25, 0.3) is 0 Å². The molecule has 0 radical (unpaired) electrons. The lowest BCUT2D eigenvalue weighted by Gasteiger charge is -2.26. The molecule has 2 heterocycles. The van der Waals surface area contributed by atoms with Crippen molar-refractivity contribution in [1.29, 1.82) is 0 Å². The van der Waals surface area contributed by atoms with Crippen LogP contribution in [0.2, 0.25) is 0 Å². The molecule has 0 saturated heterocycles. The van der Waals surface area contributed by atoms with Crippen LogP contribution in [0.15, 0.2) is 48.9 Å². The summed E-state index contributed by atoms with van der Waals surface area (Å²) in [6, 6.07) is 9.79. The van der Waals surface area contributed by atoms with E-state index in [1.807, 2.05) is 30.3 Å². The summed E-state index contributed by atoms with van der Waals surface area (Å²) in [7, 11) is 0. The monoisotopic (exact) mass is 380 g/mol. The van der Waals surface area contributed by atoms with Gasteiger partial charge in [-0.2, -0.15) is 0 Å². The lowest BCUT2D eigenvalue weighted by Crippen LogP contribution is -2.29. The van der Waals surface area contributed by atoms with Gasteiger partial charge in [-0.25, -0.2) is 4.79 Å². The molecule has 3 rings (SSSR count). The minimum atomic E-state index is -0.408. The third kappa shape index (κ3) is 4.44. The quantitative estimate of drug-likeness (QED) is 0.564. The molecule has 0 spiro atoms. The molecule has 1 amide bonds. The van der Waals surface area contributed by atoms with Gasteiger partial charge in [-0.3, -0.25) is 14.7 Å². The average molecular weight is 380 g/mol. The Bertz CT molecular complexity index is 921. The lowest BCUT2D eigenvalue weighted by atomic mass is 10.2. The molecule has 0 bridgehead atoms. The number of anilines is 1. The Kier molecular flexibility index (Phi) is 6.53. The van der Waals surface area contributed by atoms with Gasteiger partial charge >= 0.3 is 6.09 Å². The number of hydrogen-bond acceptors (Lipinski definition) is 4. The number of carbonyl (C=O) groups is 1. The number of pyridine rings is 1. The molecular weight excluding hydrogens is 352 g/mol. The van der Waals surface area contributed by atoms with E-state index in [1.54, 1.807) is 12.4 Å². The van der Waals surface area contributed by atoms with Crippen LogP contribution >= 0.6 is 0 Å². The maximum Gasteiger partial charge on any atom is 0.412 e. The molecule has 0 aliphatic carbocycles. The van der Waals surface area contributed by atoms with Gasteiger partial charge in [-0.05, 0) is 55.7 Å². The number of amides is 1. The molecule has 148 valence electrons. The molecule has 0 unspecified atom stereocenters. The SMILES string of the molecule is CCCCNC(=O)Oc1ccc2c(c1)c(C)cn2N(CCC)c1ccncc1. The van der Waals surface area contributed by atoms with Crippen LogP contribution < -0.4 is 15.1 Å². The molecule has 6 heteroatoms. The van der Waals surface area contributed by atoms with Crippen molar-refractivity contribution in [1.82, 2.24) is 15.0 Å². The van der Waals surface area contributed by atoms with Crippen LogP contribution in [0.1, 0.15) is 38.7 Å². The summed E-state index contributed by atoms with van der Waals surface area (Å²) in [6.07, 6.45) is 8.31. The van der Waals surface area contributed by atoms with E-state index in [0.29, 0.717) is 12.3 Å². The van der Waals surface area contributed by atoms with Crippen molar-refractivity contribution in [3.63, 3.8) is 0 Å². The third-order valence-corrected chi connectivity index (χ3v) is 4.62. The number of rotatable bonds is 8. The number of fused-ring (bicyclic) bond motifs is 1. The topological polar surface area (TPSA) is 59.4 Å². The number of ether oxygens (including phenoxy) is 1. The first kappa shape index (κ1) is 19.7. The Hall–Kier alpha value is -3.02. The summed E-state index contributed by atoms with van der Waals surface area (Å²) >= 11 is 0. The predicted molar refractivity (Wildman–Crippen MR) is 113 cm³/mol. The Morgan fingerprint density at radius 3 is 2.68 bits per heavy atom. The van der Waals surface area contributed by atoms with E-state index in [-0.39, 0.29) is 0 Å². The largest absolute Gasteiger partial charge is 0.412 e. The highest BCUT2D eigenvalue weighted by atomic mass is 16.6. The van der Waals surface area contributed by atoms with Crippen molar-refractivity contribution in [3.05, 3.63) is 54.5 Å². The van der Waals surface area contributed by atoms with Gasteiger partial charge in [0.05, 0.1) is 11.2 Å². The van der Waals surface area contributed by atoms with E-state index < -0.39 is 6.09 Å². The molecule has 2 aromatic heterocycles. The summed E-state index contributed by atoms with van der Waals surface area (Å²) in [5, 5.41) is 6.07. The summed E-state index contributed by atoms with van der Waals surface area (Å²) in [4.78, 5) is 16.1. The van der Waals surface area contributed by atoms with Gasteiger partial charge in [0.1, 0.15) is 5.75 Å². The highest BCUT2D eigenvalue weighted by molar-refractivity contribution is 5.86. The van der Waals surface area contributed by atoms with Crippen molar-refractivity contribution < 1.29 is 9.53 Å². The van der Waals surface area contributed by atoms with Gasteiger partial charge in [-0.15, -0.1) is 0 Å². The van der Waals surface area contributed by atoms with Gasteiger partial charge in [0.15, 0.2) is 0 Å². The standard InChI is InChI=1S/C22H28N4O2/c1-4-6-11-24-22(27)28-19-7-8-21-20(15-19)17(3)16-26(21)25(14-5-2)18-9-12-23-13-10-18/h7-10,12-13,15-16H,4-6,11,14H2,1-3H3,(H,24,27). The van der Waals surface area contributed by atoms with Gasteiger partial charge in [-0.1, -0.05) is 20.3 Å². The van der Waals surface area contributed by atoms with Crippen molar-refractivity contribution in [3.8, 4) is 5.75 Å². The molecule has 28 heavy (non-hydrogen) atoms. The summed E-state index contributed by atoms with van der Waals surface area (Å²) in [5.41, 5.74) is 3.29. The molecule has 3 aromatic rings. The van der Waals surface area contributed by atoms with Crippen LogP contribution in [-0.2, 0) is 0 Å². The zero-order chi connectivity index (χ0) is 19.9. The van der Waals surface area contributed by atoms with E-state index in [4.69, 9.17) is 4.74 Å². The van der Waals surface area contributed by atoms with E-state index in [9.17, 15) is 4.79 Å². The molecule has 1 aromatic carbocycles. The number of benzene rings is 1. The molecule has 0 aliphatic heterocycles. The second-order valence-electron chi connectivity index (χ2n) is 6.83. The van der Waals surface area contributed by atoms with Crippen LogP contribution in [0.3, 0.4) is 0 Å². The fourth-order valence-corrected chi connectivity index (χ4v) is 3.22. The third-order valence-electron chi connectivity index (χ3n) is 4.62. The number of nitrogens with zero attached hydrogens (tertiary/aromatic N) is 3. The predicted octanol–water partition coefficient (Wildman–Crippen LogP) is 4.91. The minimum Gasteiger partial charge on any atom is -0.410 e. The Morgan fingerprint density at radius 1 is 1.18 bits per heavy atom. The Balaban J connectivity index is 1.88. The number of hydrogen-bond donors (Lipinski definition) is 1. The summed E-state index contributed by atoms with van der Waals surface area (Å²) in [6.45, 7) is 7.83. The maximum atomic E-state index is 11.9. The maximum absolute atomic E-state index is 11.9. The van der Waals surface area contributed by atoms with Crippen LogP contribution in [-0.4, -0.2) is 28.8 Å².